The molecule has 28 heavy (non-hydrogen) atoms. The number of hydrogen-bond donors (Lipinski definition) is 3. The number of methoxy groups -OCH3 is 1. The van der Waals surface area contributed by atoms with Gasteiger partial charge >= 0.3 is 0 Å². The van der Waals surface area contributed by atoms with E-state index in [0.29, 0.717) is 6.54 Å². The van der Waals surface area contributed by atoms with Crippen LogP contribution in [-0.2, 0) is 16.1 Å². The highest BCUT2D eigenvalue weighted by molar-refractivity contribution is 5.92. The summed E-state index contributed by atoms with van der Waals surface area (Å²) in [6.07, 6.45) is 0. The highest BCUT2D eigenvalue weighted by Crippen LogP contribution is 2.15. The van der Waals surface area contributed by atoms with Crippen LogP contribution < -0.4 is 20.3 Å². The zero-order valence-corrected chi connectivity index (χ0v) is 17.3. The molecule has 6 nitrogen and oxygen atoms in total. The van der Waals surface area contributed by atoms with Crippen LogP contribution in [0.3, 0.4) is 0 Å². The van der Waals surface area contributed by atoms with E-state index in [1.54, 1.807) is 7.11 Å². The molecule has 0 bridgehead atoms. The third-order valence-corrected chi connectivity index (χ3v) is 4.86. The molecule has 3 N–H and O–H groups in total. The number of likely N-dealkylation sites (N-methyl/N-ethyl adjacent to an activating group) is 1. The molecule has 0 spiro atoms. The lowest BCUT2D eigenvalue weighted by Crippen LogP contribution is -3.15. The predicted octanol–water partition coefficient (Wildman–Crippen LogP) is 1.47. The van der Waals surface area contributed by atoms with Crippen LogP contribution in [0.2, 0.25) is 0 Å². The van der Waals surface area contributed by atoms with Crippen molar-refractivity contribution in [2.45, 2.75) is 33.4 Å². The van der Waals surface area contributed by atoms with E-state index in [1.807, 2.05) is 70.3 Å². The van der Waals surface area contributed by atoms with Gasteiger partial charge < -0.3 is 20.3 Å². The van der Waals surface area contributed by atoms with Gasteiger partial charge in [0.05, 0.1) is 14.2 Å². The topological polar surface area (TPSA) is 71.9 Å². The molecule has 0 saturated heterocycles. The van der Waals surface area contributed by atoms with Gasteiger partial charge in [0.2, 0.25) is 0 Å². The van der Waals surface area contributed by atoms with E-state index in [-0.39, 0.29) is 24.4 Å². The molecule has 0 heterocycles. The minimum atomic E-state index is -0.345. The fraction of sp³-hybridized carbons (Fsp3) is 0.364. The zero-order chi connectivity index (χ0) is 20.7. The van der Waals surface area contributed by atoms with E-state index >= 15 is 0 Å². The zero-order valence-electron chi connectivity index (χ0n) is 17.3. The Bertz CT molecular complexity index is 818. The number of nitrogens with one attached hydrogen (secondary N) is 3. The van der Waals surface area contributed by atoms with Gasteiger partial charge in [-0.25, -0.2) is 0 Å². The molecule has 6 heteroatoms. The molecule has 2 atom stereocenters. The van der Waals surface area contributed by atoms with Crippen LogP contribution >= 0.6 is 0 Å². The molecular formula is C22H30N3O3+. The first-order chi connectivity index (χ1) is 13.3. The van der Waals surface area contributed by atoms with Crippen LogP contribution in [0.5, 0.6) is 5.75 Å². The smallest absolute Gasteiger partial charge is 0.279 e. The van der Waals surface area contributed by atoms with Crippen LogP contribution in [0.4, 0.5) is 5.69 Å². The number of benzene rings is 2. The van der Waals surface area contributed by atoms with Crippen molar-refractivity contribution in [3.8, 4) is 5.75 Å². The summed E-state index contributed by atoms with van der Waals surface area (Å²) in [6.45, 7) is 6.42. The Hall–Kier alpha value is -2.86. The molecule has 2 aromatic rings. The van der Waals surface area contributed by atoms with Crippen molar-refractivity contribution < 1.29 is 19.2 Å². The van der Waals surface area contributed by atoms with Gasteiger partial charge in [-0.2, -0.15) is 0 Å². The molecule has 2 amide bonds. The number of quaternary nitrogens is 1. The summed E-state index contributed by atoms with van der Waals surface area (Å²) in [6, 6.07) is 13.2. The Morgan fingerprint density at radius 1 is 1.11 bits per heavy atom. The molecule has 0 aliphatic rings. The largest absolute Gasteiger partial charge is 0.497 e. The summed E-state index contributed by atoms with van der Waals surface area (Å²) in [5.74, 6) is 0.580. The Labute approximate surface area is 166 Å². The quantitative estimate of drug-likeness (QED) is 0.645. The summed E-state index contributed by atoms with van der Waals surface area (Å²) < 4.78 is 5.13. The molecule has 0 fully saturated rings. The Morgan fingerprint density at radius 3 is 2.43 bits per heavy atom. The SMILES string of the molecule is COc1ccc(CNC(=O)[C@H](C)[NH+](C)CC(=O)Nc2cc(C)ccc2C)cc1. The molecule has 0 aromatic heterocycles. The van der Waals surface area contributed by atoms with E-state index in [1.165, 1.54) is 0 Å². The number of carbonyl (C=O) groups is 2. The second-order valence-electron chi connectivity index (χ2n) is 7.18. The Morgan fingerprint density at radius 2 is 1.79 bits per heavy atom. The fourth-order valence-corrected chi connectivity index (χ4v) is 2.78. The van der Waals surface area contributed by atoms with Crippen molar-refractivity contribution in [3.05, 3.63) is 59.2 Å². The van der Waals surface area contributed by atoms with Gasteiger partial charge in [-0.05, 0) is 55.7 Å². The maximum absolute atomic E-state index is 12.4. The minimum absolute atomic E-state index is 0.0899. The number of carbonyl (C=O) groups excluding carboxylic acids is 2. The third-order valence-electron chi connectivity index (χ3n) is 4.86. The van der Waals surface area contributed by atoms with Crippen molar-refractivity contribution in [1.29, 1.82) is 0 Å². The highest BCUT2D eigenvalue weighted by atomic mass is 16.5. The molecule has 0 aliphatic carbocycles. The van der Waals surface area contributed by atoms with Crippen LogP contribution in [-0.4, -0.2) is 38.6 Å². The molecule has 0 saturated carbocycles. The van der Waals surface area contributed by atoms with Crippen molar-refractivity contribution in [2.75, 3.05) is 26.0 Å². The van der Waals surface area contributed by atoms with Crippen LogP contribution in [0.15, 0.2) is 42.5 Å². The predicted molar refractivity (Wildman–Crippen MR) is 111 cm³/mol. The van der Waals surface area contributed by atoms with Crippen LogP contribution in [0, 0.1) is 13.8 Å². The second-order valence-corrected chi connectivity index (χ2v) is 7.18. The Balaban J connectivity index is 1.84. The van der Waals surface area contributed by atoms with Gasteiger partial charge in [0.15, 0.2) is 12.6 Å². The standard InChI is InChI=1S/C22H29N3O3/c1-15-6-7-16(2)20(12-15)24-21(26)14-25(4)17(3)22(27)23-13-18-8-10-19(28-5)11-9-18/h6-12,17H,13-14H2,1-5H3,(H,23,27)(H,24,26)/p+1/t17-/m0/s1. The normalized spacial score (nSPS) is 12.8. The number of aryl methyl sites for hydroxylation is 2. The summed E-state index contributed by atoms with van der Waals surface area (Å²) in [7, 11) is 3.47. The monoisotopic (exact) mass is 384 g/mol. The van der Waals surface area contributed by atoms with Crippen molar-refractivity contribution in [3.63, 3.8) is 0 Å². The molecular weight excluding hydrogens is 354 g/mol. The van der Waals surface area contributed by atoms with E-state index in [2.05, 4.69) is 10.6 Å². The third kappa shape index (κ3) is 6.09. The van der Waals surface area contributed by atoms with Gasteiger partial charge in [-0.1, -0.05) is 24.3 Å². The van der Waals surface area contributed by atoms with Gasteiger partial charge in [0, 0.05) is 12.2 Å². The summed E-state index contributed by atoms with van der Waals surface area (Å²) in [5.41, 5.74) is 3.91. The number of hydrogen-bond acceptors (Lipinski definition) is 3. The molecule has 0 aliphatic heterocycles. The van der Waals surface area contributed by atoms with Crippen molar-refractivity contribution >= 4 is 17.5 Å². The number of ether oxygens (including phenoxy) is 1. The molecule has 2 aromatic carbocycles. The summed E-state index contributed by atoms with van der Waals surface area (Å²) in [4.78, 5) is 25.6. The van der Waals surface area contributed by atoms with Gasteiger partial charge in [0.25, 0.3) is 11.8 Å². The fourth-order valence-electron chi connectivity index (χ4n) is 2.78. The average Bonchev–Trinajstić information content (AvgIpc) is 2.68. The molecule has 0 radical (unpaired) electrons. The van der Waals surface area contributed by atoms with E-state index in [0.717, 1.165) is 33.0 Å². The van der Waals surface area contributed by atoms with Crippen molar-refractivity contribution in [1.82, 2.24) is 5.32 Å². The van der Waals surface area contributed by atoms with Gasteiger partial charge in [-0.3, -0.25) is 9.59 Å². The maximum Gasteiger partial charge on any atom is 0.279 e. The van der Waals surface area contributed by atoms with Gasteiger partial charge in [0.1, 0.15) is 5.75 Å². The number of rotatable bonds is 8. The lowest BCUT2D eigenvalue weighted by molar-refractivity contribution is -0.885. The van der Waals surface area contributed by atoms with E-state index in [4.69, 9.17) is 4.74 Å². The lowest BCUT2D eigenvalue weighted by atomic mass is 10.1. The van der Waals surface area contributed by atoms with Gasteiger partial charge in [-0.15, -0.1) is 0 Å². The first-order valence-electron chi connectivity index (χ1n) is 9.40. The first-order valence-corrected chi connectivity index (χ1v) is 9.40. The summed E-state index contributed by atoms with van der Waals surface area (Å²) >= 11 is 0. The first kappa shape index (κ1) is 21.4. The molecule has 1 unspecified atom stereocenters. The maximum atomic E-state index is 12.4. The highest BCUT2D eigenvalue weighted by Gasteiger charge is 2.23. The van der Waals surface area contributed by atoms with E-state index in [9.17, 15) is 9.59 Å². The van der Waals surface area contributed by atoms with Crippen LogP contribution in [0.1, 0.15) is 23.6 Å². The van der Waals surface area contributed by atoms with Crippen molar-refractivity contribution in [2.24, 2.45) is 0 Å². The number of anilines is 1. The molecule has 2 rings (SSSR count). The summed E-state index contributed by atoms with van der Waals surface area (Å²) in [5, 5.41) is 5.87. The second kappa shape index (κ2) is 9.90. The minimum Gasteiger partial charge on any atom is -0.497 e. The molecule has 150 valence electrons. The van der Waals surface area contributed by atoms with Crippen LogP contribution in [0.25, 0.3) is 0 Å². The lowest BCUT2D eigenvalue weighted by Gasteiger charge is -2.21. The van der Waals surface area contributed by atoms with E-state index < -0.39 is 0 Å². The number of amides is 2. The Kier molecular flexibility index (Phi) is 7.58. The average molecular weight is 385 g/mol.